The monoisotopic (exact) mass is 384 g/mol. The van der Waals surface area contributed by atoms with E-state index >= 15 is 0 Å². The summed E-state index contributed by atoms with van der Waals surface area (Å²) in [6.45, 7) is 4.63. The van der Waals surface area contributed by atoms with Crippen molar-refractivity contribution in [1.29, 1.82) is 0 Å². The summed E-state index contributed by atoms with van der Waals surface area (Å²) < 4.78 is 27.0. The molecule has 1 aliphatic heterocycles. The number of pyridine rings is 1. The van der Waals surface area contributed by atoms with E-state index in [1.165, 1.54) is 18.7 Å². The number of aromatic nitrogens is 1. The second kappa shape index (κ2) is 8.79. The number of carbonyl (C=O) groups excluding carboxylic acids is 1. The fourth-order valence-corrected chi connectivity index (χ4v) is 4.56. The molecule has 1 radical (unpaired) electrons. The summed E-state index contributed by atoms with van der Waals surface area (Å²) >= 11 is 0. The van der Waals surface area contributed by atoms with Gasteiger partial charge in [-0.3, -0.25) is 9.59 Å². The lowest BCUT2D eigenvalue weighted by Gasteiger charge is -2.33. The molecule has 1 aliphatic rings. The van der Waals surface area contributed by atoms with Crippen molar-refractivity contribution in [2.45, 2.75) is 50.2 Å². The molecule has 0 spiro atoms. The first kappa shape index (κ1) is 20.6. The Morgan fingerprint density at radius 3 is 2.85 bits per heavy atom. The van der Waals surface area contributed by atoms with Crippen LogP contribution in [0.2, 0.25) is 0 Å². The number of rotatable bonds is 6. The fourth-order valence-electron chi connectivity index (χ4n) is 2.89. The van der Waals surface area contributed by atoms with Gasteiger partial charge in [0, 0.05) is 12.7 Å². The van der Waals surface area contributed by atoms with Crippen LogP contribution in [0.5, 0.6) is 0 Å². The molecule has 3 N–H and O–H groups in total. The molecule has 0 aromatic carbocycles. The van der Waals surface area contributed by atoms with Crippen LogP contribution in [0.3, 0.4) is 0 Å². The molecule has 0 bridgehead atoms. The number of nitrogens with zero attached hydrogens (tertiary/aromatic N) is 1. The van der Waals surface area contributed by atoms with Crippen molar-refractivity contribution < 1.29 is 18.3 Å². The number of H-pyrrole nitrogens is 1. The van der Waals surface area contributed by atoms with Gasteiger partial charge in [0.1, 0.15) is 0 Å². The Morgan fingerprint density at radius 1 is 1.46 bits per heavy atom. The van der Waals surface area contributed by atoms with Crippen LogP contribution in [-0.4, -0.2) is 54.0 Å². The highest BCUT2D eigenvalue weighted by atomic mass is 32.2. The van der Waals surface area contributed by atoms with Crippen molar-refractivity contribution in [1.82, 2.24) is 14.6 Å². The molecule has 8 nitrogen and oxygen atoms in total. The number of aliphatic hydroxyl groups is 1. The van der Waals surface area contributed by atoms with Gasteiger partial charge in [-0.05, 0) is 43.9 Å². The van der Waals surface area contributed by atoms with Crippen molar-refractivity contribution >= 4 is 15.9 Å². The molecule has 9 heteroatoms. The quantitative estimate of drug-likeness (QED) is 0.647. The number of hydrogen-bond acceptors (Lipinski definition) is 6. The van der Waals surface area contributed by atoms with Gasteiger partial charge in [0.05, 0.1) is 18.6 Å². The van der Waals surface area contributed by atoms with E-state index in [1.807, 2.05) is 13.8 Å². The van der Waals surface area contributed by atoms with E-state index in [4.69, 9.17) is 0 Å². The predicted molar refractivity (Wildman–Crippen MR) is 96.7 cm³/mol. The molecule has 1 unspecified atom stereocenters. The summed E-state index contributed by atoms with van der Waals surface area (Å²) in [7, 11) is -4.41. The summed E-state index contributed by atoms with van der Waals surface area (Å²) in [6, 6.07) is 1.63. The second-order valence-corrected chi connectivity index (χ2v) is 8.60. The van der Waals surface area contributed by atoms with Crippen LogP contribution in [0.1, 0.15) is 33.1 Å². The predicted octanol–water partition coefficient (Wildman–Crippen LogP) is 0.255. The molecule has 1 aromatic heterocycles. The van der Waals surface area contributed by atoms with E-state index in [9.17, 15) is 23.1 Å². The van der Waals surface area contributed by atoms with Crippen LogP contribution in [0, 0.1) is 12.3 Å². The summed E-state index contributed by atoms with van der Waals surface area (Å²) in [4.78, 5) is 26.6. The minimum Gasteiger partial charge on any atom is -0.390 e. The van der Waals surface area contributed by atoms with Gasteiger partial charge < -0.3 is 15.4 Å². The highest BCUT2D eigenvalue weighted by Gasteiger charge is 2.40. The molecule has 1 amide bonds. The lowest BCUT2D eigenvalue weighted by molar-refractivity contribution is -0.126. The molecule has 1 saturated heterocycles. The van der Waals surface area contributed by atoms with E-state index in [2.05, 4.69) is 10.3 Å². The van der Waals surface area contributed by atoms with Gasteiger partial charge in [-0.1, -0.05) is 13.8 Å². The third-order valence-corrected chi connectivity index (χ3v) is 6.10. The Hall–Kier alpha value is -1.71. The average Bonchev–Trinajstić information content (AvgIpc) is 2.78. The Morgan fingerprint density at radius 2 is 2.19 bits per heavy atom. The molecule has 2 rings (SSSR count). The smallest absolute Gasteiger partial charge is 0.272 e. The first-order valence-electron chi connectivity index (χ1n) is 8.73. The van der Waals surface area contributed by atoms with Crippen LogP contribution in [0.25, 0.3) is 0 Å². The molecule has 0 aliphatic carbocycles. The minimum absolute atomic E-state index is 0.171. The Labute approximate surface area is 153 Å². The molecule has 2 heterocycles. The summed E-state index contributed by atoms with van der Waals surface area (Å²) in [5.41, 5.74) is -0.796. The fraction of sp³-hybridized carbons (Fsp3) is 0.588. The normalized spacial score (nSPS) is 21.4. The lowest BCUT2D eigenvalue weighted by atomic mass is 10.0. The van der Waals surface area contributed by atoms with Gasteiger partial charge in [-0.2, -0.15) is 0 Å². The molecule has 0 saturated carbocycles. The van der Waals surface area contributed by atoms with Crippen LogP contribution in [-0.2, 0) is 14.8 Å². The number of nitrogens with one attached hydrogen (secondary N) is 2. The Kier molecular flexibility index (Phi) is 6.96. The number of carbonyl (C=O) groups is 1. The zero-order valence-corrected chi connectivity index (χ0v) is 15.8. The van der Waals surface area contributed by atoms with Crippen LogP contribution >= 0.6 is 0 Å². The number of aromatic amines is 1. The van der Waals surface area contributed by atoms with Gasteiger partial charge in [0.15, 0.2) is 4.90 Å². The first-order chi connectivity index (χ1) is 12.2. The molecule has 26 heavy (non-hydrogen) atoms. The third kappa shape index (κ3) is 4.72. The van der Waals surface area contributed by atoms with Crippen LogP contribution in [0.4, 0.5) is 0 Å². The number of aliphatic hydroxyl groups excluding tert-OH is 1. The van der Waals surface area contributed by atoms with Gasteiger partial charge in [-0.25, -0.2) is 12.7 Å². The summed E-state index contributed by atoms with van der Waals surface area (Å²) in [5.74, 6) is -0.544. The zero-order valence-electron chi connectivity index (χ0n) is 15.0. The van der Waals surface area contributed by atoms with Crippen molar-refractivity contribution in [3.8, 4) is 0 Å². The maximum atomic E-state index is 13.1. The Balaban J connectivity index is 2.47. The number of sulfonamides is 1. The minimum atomic E-state index is -4.41. The maximum Gasteiger partial charge on any atom is 0.272 e. The van der Waals surface area contributed by atoms with E-state index in [1.54, 1.807) is 0 Å². The van der Waals surface area contributed by atoms with E-state index in [-0.39, 0.29) is 12.5 Å². The highest BCUT2D eigenvalue weighted by Crippen LogP contribution is 2.23. The number of hydrogen-bond donors (Lipinski definition) is 3. The topological polar surface area (TPSA) is 120 Å². The molecular formula is C17H26N3O5S. The summed E-state index contributed by atoms with van der Waals surface area (Å²) in [5, 5.41) is 13.4. The van der Waals surface area contributed by atoms with E-state index < -0.39 is 38.5 Å². The summed E-state index contributed by atoms with van der Waals surface area (Å²) in [6.07, 6.45) is 2.91. The standard InChI is InChI=1S/C17H26N3O5S/c1-12(2)7-8-16(22)20(13-5-3-9-18-11-14(13)21)26(24,25)15-6-4-10-19-17(15)23/h4,6,8,10,12-14,18,21H,3,5,7,9,11H2,1-2H3,(H,19,23)/t13?,14-/m0/s1. The average molecular weight is 384 g/mol. The van der Waals surface area contributed by atoms with E-state index in [0.717, 1.165) is 6.07 Å². The van der Waals surface area contributed by atoms with Gasteiger partial charge >= 0.3 is 0 Å². The largest absolute Gasteiger partial charge is 0.390 e. The second-order valence-electron chi connectivity index (χ2n) is 6.82. The molecule has 2 atom stereocenters. The highest BCUT2D eigenvalue weighted by molar-refractivity contribution is 7.89. The van der Waals surface area contributed by atoms with Gasteiger partial charge in [0.2, 0.25) is 5.91 Å². The SMILES string of the molecule is CC(C)C[CH]C(=O)N(C1CCCNC[C@@H]1O)S(=O)(=O)c1ccc[nH]c1=O. The molecule has 145 valence electrons. The van der Waals surface area contributed by atoms with Crippen molar-refractivity contribution in [3.05, 3.63) is 35.1 Å². The van der Waals surface area contributed by atoms with Crippen molar-refractivity contribution in [2.24, 2.45) is 5.92 Å². The van der Waals surface area contributed by atoms with Crippen LogP contribution in [0.15, 0.2) is 28.0 Å². The Bertz CT molecular complexity index is 775. The lowest BCUT2D eigenvalue weighted by Crippen LogP contribution is -2.52. The third-order valence-electron chi connectivity index (χ3n) is 4.25. The number of β-amino-alcohol motifs (C(OH)–C–C–N with tert-alkyl or cyclic N) is 1. The first-order valence-corrected chi connectivity index (χ1v) is 10.2. The van der Waals surface area contributed by atoms with E-state index in [0.29, 0.717) is 30.1 Å². The van der Waals surface area contributed by atoms with Gasteiger partial charge in [0.25, 0.3) is 15.6 Å². The zero-order chi connectivity index (χ0) is 19.3. The van der Waals surface area contributed by atoms with Crippen LogP contribution < -0.4 is 10.9 Å². The van der Waals surface area contributed by atoms with Gasteiger partial charge in [-0.15, -0.1) is 0 Å². The molecule has 1 fully saturated rings. The molecule has 1 aromatic rings. The molecular weight excluding hydrogens is 358 g/mol. The van der Waals surface area contributed by atoms with Crippen molar-refractivity contribution in [3.63, 3.8) is 0 Å². The number of amides is 1. The maximum absolute atomic E-state index is 13.1. The van der Waals surface area contributed by atoms with Crippen molar-refractivity contribution in [2.75, 3.05) is 13.1 Å².